The van der Waals surface area contributed by atoms with E-state index in [0.717, 1.165) is 39.1 Å². The Hall–Kier alpha value is -1.42. The first kappa shape index (κ1) is 16.4. The van der Waals surface area contributed by atoms with Crippen LogP contribution in [0.25, 0.3) is 0 Å². The average Bonchev–Trinajstić information content (AvgIpc) is 3.25. The van der Waals surface area contributed by atoms with Crippen molar-refractivity contribution in [3.8, 4) is 6.07 Å². The molecule has 2 aliphatic rings. The molecule has 1 aromatic rings. The van der Waals surface area contributed by atoms with Gasteiger partial charge in [-0.15, -0.1) is 11.3 Å². The number of nitrogens with zero attached hydrogens (tertiary/aromatic N) is 2. The molecule has 0 unspecified atom stereocenters. The Morgan fingerprint density at radius 1 is 1.43 bits per heavy atom. The van der Waals surface area contributed by atoms with Gasteiger partial charge in [-0.25, -0.2) is 0 Å². The largest absolute Gasteiger partial charge is 0.379 e. The first-order chi connectivity index (χ1) is 11.2. The summed E-state index contributed by atoms with van der Waals surface area (Å²) < 4.78 is 5.49. The van der Waals surface area contributed by atoms with Crippen LogP contribution in [0.15, 0.2) is 11.4 Å². The van der Waals surface area contributed by atoms with Crippen molar-refractivity contribution in [1.82, 2.24) is 10.2 Å². The number of thiophene rings is 1. The molecule has 0 bridgehead atoms. The number of morpholine rings is 1. The van der Waals surface area contributed by atoms with E-state index in [-0.39, 0.29) is 17.5 Å². The Bertz CT molecular complexity index is 595. The number of amides is 1. The van der Waals surface area contributed by atoms with Crippen LogP contribution in [-0.4, -0.2) is 48.7 Å². The highest BCUT2D eigenvalue weighted by molar-refractivity contribution is 7.12. The number of hydrogen-bond donors (Lipinski definition) is 1. The standard InChI is InChI=1S/C17H23N3O2S/c1-13(19-16(21)15-14(12-18)4-11-23-15)17(5-2-3-6-17)20-7-9-22-10-8-20/h4,11,13H,2-3,5-10H2,1H3,(H,19,21)/t13-/m0/s1. The summed E-state index contributed by atoms with van der Waals surface area (Å²) in [5, 5.41) is 14.1. The van der Waals surface area contributed by atoms with Gasteiger partial charge >= 0.3 is 0 Å². The zero-order valence-corrected chi connectivity index (χ0v) is 14.3. The van der Waals surface area contributed by atoms with Gasteiger partial charge in [0.25, 0.3) is 5.91 Å². The lowest BCUT2D eigenvalue weighted by Crippen LogP contribution is -2.62. The van der Waals surface area contributed by atoms with Crippen LogP contribution in [0.2, 0.25) is 0 Å². The molecule has 3 rings (SSSR count). The predicted molar refractivity (Wildman–Crippen MR) is 89.6 cm³/mol. The smallest absolute Gasteiger partial charge is 0.262 e. The van der Waals surface area contributed by atoms with E-state index in [1.54, 1.807) is 11.4 Å². The van der Waals surface area contributed by atoms with Gasteiger partial charge in [0.1, 0.15) is 10.9 Å². The fourth-order valence-electron chi connectivity index (χ4n) is 3.99. The van der Waals surface area contributed by atoms with Crippen molar-refractivity contribution < 1.29 is 9.53 Å². The van der Waals surface area contributed by atoms with E-state index in [1.807, 2.05) is 0 Å². The third-order valence-electron chi connectivity index (χ3n) is 5.26. The monoisotopic (exact) mass is 333 g/mol. The van der Waals surface area contributed by atoms with Gasteiger partial charge in [-0.2, -0.15) is 5.26 Å². The molecule has 0 radical (unpaired) electrons. The van der Waals surface area contributed by atoms with Gasteiger partial charge in [-0.3, -0.25) is 9.69 Å². The molecule has 6 heteroatoms. The van der Waals surface area contributed by atoms with Gasteiger partial charge in [-0.05, 0) is 31.2 Å². The first-order valence-electron chi connectivity index (χ1n) is 8.28. The topological polar surface area (TPSA) is 65.4 Å². The second kappa shape index (κ2) is 7.00. The molecule has 124 valence electrons. The maximum atomic E-state index is 12.6. The van der Waals surface area contributed by atoms with Crippen molar-refractivity contribution in [1.29, 1.82) is 5.26 Å². The molecule has 1 aliphatic heterocycles. The SMILES string of the molecule is C[C@H](NC(=O)c1sccc1C#N)C1(N2CCOCC2)CCCC1. The lowest BCUT2D eigenvalue weighted by atomic mass is 9.86. The normalized spacial score (nSPS) is 22.4. The highest BCUT2D eigenvalue weighted by Crippen LogP contribution is 2.38. The molecule has 1 amide bonds. The Kier molecular flexibility index (Phi) is 5.00. The van der Waals surface area contributed by atoms with Gasteiger partial charge in [0.15, 0.2) is 0 Å². The Morgan fingerprint density at radius 3 is 2.78 bits per heavy atom. The van der Waals surface area contributed by atoms with Crippen LogP contribution in [-0.2, 0) is 4.74 Å². The maximum absolute atomic E-state index is 12.6. The van der Waals surface area contributed by atoms with Crippen molar-refractivity contribution in [3.63, 3.8) is 0 Å². The minimum atomic E-state index is -0.122. The molecule has 1 saturated heterocycles. The van der Waals surface area contributed by atoms with Crippen molar-refractivity contribution in [3.05, 3.63) is 21.9 Å². The van der Waals surface area contributed by atoms with Crippen LogP contribution in [0.5, 0.6) is 0 Å². The molecule has 1 aromatic heterocycles. The fraction of sp³-hybridized carbons (Fsp3) is 0.647. The summed E-state index contributed by atoms with van der Waals surface area (Å²) in [4.78, 5) is 15.6. The van der Waals surface area contributed by atoms with Crippen molar-refractivity contribution in [2.24, 2.45) is 0 Å². The summed E-state index contributed by atoms with van der Waals surface area (Å²) in [6, 6.07) is 3.86. The fourth-order valence-corrected chi connectivity index (χ4v) is 4.74. The highest BCUT2D eigenvalue weighted by atomic mass is 32.1. The molecule has 2 fully saturated rings. The highest BCUT2D eigenvalue weighted by Gasteiger charge is 2.45. The number of nitriles is 1. The number of hydrogen-bond acceptors (Lipinski definition) is 5. The van der Waals surface area contributed by atoms with Gasteiger partial charge in [0.2, 0.25) is 0 Å². The minimum absolute atomic E-state index is 0.0313. The molecule has 1 N–H and O–H groups in total. The van der Waals surface area contributed by atoms with Crippen LogP contribution in [0.1, 0.15) is 47.8 Å². The molecular formula is C17H23N3O2S. The van der Waals surface area contributed by atoms with E-state index >= 15 is 0 Å². The Morgan fingerprint density at radius 2 is 2.13 bits per heavy atom. The third-order valence-corrected chi connectivity index (χ3v) is 6.17. The Balaban J connectivity index is 1.75. The average molecular weight is 333 g/mol. The quantitative estimate of drug-likeness (QED) is 0.919. The first-order valence-corrected chi connectivity index (χ1v) is 9.16. The van der Waals surface area contributed by atoms with Crippen LogP contribution in [0, 0.1) is 11.3 Å². The molecule has 0 aromatic carbocycles. The predicted octanol–water partition coefficient (Wildman–Crippen LogP) is 2.38. The minimum Gasteiger partial charge on any atom is -0.379 e. The van der Waals surface area contributed by atoms with E-state index < -0.39 is 0 Å². The number of carbonyl (C=O) groups excluding carboxylic acids is 1. The lowest BCUT2D eigenvalue weighted by molar-refractivity contribution is -0.0323. The van der Waals surface area contributed by atoms with E-state index in [4.69, 9.17) is 10.00 Å². The number of carbonyl (C=O) groups is 1. The van der Waals surface area contributed by atoms with E-state index in [1.165, 1.54) is 24.2 Å². The van der Waals surface area contributed by atoms with Gasteiger partial charge in [0.05, 0.1) is 18.8 Å². The number of nitrogens with one attached hydrogen (secondary N) is 1. The van der Waals surface area contributed by atoms with Crippen molar-refractivity contribution in [2.45, 2.75) is 44.2 Å². The summed E-state index contributed by atoms with van der Waals surface area (Å²) >= 11 is 1.33. The van der Waals surface area contributed by atoms with Crippen LogP contribution in [0.4, 0.5) is 0 Å². The van der Waals surface area contributed by atoms with Gasteiger partial charge < -0.3 is 10.1 Å². The molecule has 23 heavy (non-hydrogen) atoms. The molecule has 0 spiro atoms. The summed E-state index contributed by atoms with van der Waals surface area (Å²) in [5.41, 5.74) is 0.496. The van der Waals surface area contributed by atoms with Gasteiger partial charge in [0, 0.05) is 24.7 Å². The summed E-state index contributed by atoms with van der Waals surface area (Å²) in [6.07, 6.45) is 4.65. The second-order valence-electron chi connectivity index (χ2n) is 6.38. The molecule has 1 atom stereocenters. The number of ether oxygens (including phenoxy) is 1. The maximum Gasteiger partial charge on any atom is 0.262 e. The van der Waals surface area contributed by atoms with E-state index in [2.05, 4.69) is 23.2 Å². The molecule has 5 nitrogen and oxygen atoms in total. The van der Waals surface area contributed by atoms with Crippen molar-refractivity contribution >= 4 is 17.2 Å². The Labute approximate surface area is 141 Å². The molecule has 2 heterocycles. The summed E-state index contributed by atoms with van der Waals surface area (Å²) in [5.74, 6) is -0.122. The number of rotatable bonds is 4. The zero-order chi connectivity index (χ0) is 16.3. The van der Waals surface area contributed by atoms with Crippen LogP contribution >= 0.6 is 11.3 Å². The molecular weight excluding hydrogens is 310 g/mol. The van der Waals surface area contributed by atoms with E-state index in [9.17, 15) is 4.79 Å². The van der Waals surface area contributed by atoms with Crippen molar-refractivity contribution in [2.75, 3.05) is 26.3 Å². The second-order valence-corrected chi connectivity index (χ2v) is 7.30. The van der Waals surface area contributed by atoms with Crippen LogP contribution in [0.3, 0.4) is 0 Å². The molecule has 1 aliphatic carbocycles. The third kappa shape index (κ3) is 3.14. The lowest BCUT2D eigenvalue weighted by Gasteiger charge is -2.47. The van der Waals surface area contributed by atoms with E-state index in [0.29, 0.717) is 10.4 Å². The van der Waals surface area contributed by atoms with Crippen LogP contribution < -0.4 is 5.32 Å². The van der Waals surface area contributed by atoms with Gasteiger partial charge in [-0.1, -0.05) is 12.8 Å². The summed E-state index contributed by atoms with van der Waals surface area (Å²) in [7, 11) is 0. The summed E-state index contributed by atoms with van der Waals surface area (Å²) in [6.45, 7) is 5.52. The molecule has 1 saturated carbocycles. The zero-order valence-electron chi connectivity index (χ0n) is 13.5.